The Labute approximate surface area is 214 Å². The summed E-state index contributed by atoms with van der Waals surface area (Å²) in [4.78, 5) is 43.4. The van der Waals surface area contributed by atoms with Gasteiger partial charge in [0.05, 0.1) is 12.3 Å². The number of carbonyl (C=O) groups excluding carboxylic acids is 2. The fourth-order valence-electron chi connectivity index (χ4n) is 3.61. The summed E-state index contributed by atoms with van der Waals surface area (Å²) in [7, 11) is 1.51. The lowest BCUT2D eigenvalue weighted by atomic mass is 10.0. The van der Waals surface area contributed by atoms with Crippen molar-refractivity contribution in [1.82, 2.24) is 15.2 Å². The molecular weight excluding hydrogens is 480 g/mol. The largest absolute Gasteiger partial charge is 0.465 e. The van der Waals surface area contributed by atoms with Crippen LogP contribution in [0.2, 0.25) is 0 Å². The van der Waals surface area contributed by atoms with Gasteiger partial charge in [-0.15, -0.1) is 0 Å². The quantitative estimate of drug-likeness (QED) is 0.344. The molecule has 0 spiro atoms. The van der Waals surface area contributed by atoms with Crippen LogP contribution in [0.15, 0.2) is 63.8 Å². The molecule has 3 rings (SSSR count). The van der Waals surface area contributed by atoms with Crippen molar-refractivity contribution < 1.29 is 33.4 Å². The molecule has 0 saturated carbocycles. The Hall–Kier alpha value is -4.12. The van der Waals surface area contributed by atoms with E-state index in [1.54, 1.807) is 12.1 Å². The van der Waals surface area contributed by atoms with E-state index in [1.807, 2.05) is 44.2 Å². The van der Waals surface area contributed by atoms with Crippen molar-refractivity contribution >= 4 is 23.9 Å². The monoisotopic (exact) mass is 512 g/mol. The fourth-order valence-corrected chi connectivity index (χ4v) is 3.61. The number of aliphatic hydroxyl groups is 1. The third-order valence-electron chi connectivity index (χ3n) is 5.82. The fraction of sp³-hybridized carbons (Fsp3) is 0.385. The number of anilines is 1. The first kappa shape index (κ1) is 27.5. The third-order valence-corrected chi connectivity index (χ3v) is 5.82. The van der Waals surface area contributed by atoms with Crippen LogP contribution in [0, 0.1) is 5.92 Å². The van der Waals surface area contributed by atoms with Crippen LogP contribution in [-0.2, 0) is 6.42 Å². The number of aromatic nitrogens is 1. The van der Waals surface area contributed by atoms with E-state index in [9.17, 15) is 24.6 Å². The van der Waals surface area contributed by atoms with Gasteiger partial charge in [-0.2, -0.15) is 0 Å². The molecule has 1 aromatic carbocycles. The van der Waals surface area contributed by atoms with Crippen molar-refractivity contribution in [3.05, 3.63) is 72.1 Å². The normalized spacial score (nSPS) is 12.7. The van der Waals surface area contributed by atoms with Crippen molar-refractivity contribution in [2.75, 3.05) is 18.5 Å². The highest BCUT2D eigenvalue weighted by atomic mass is 16.4. The molecular formula is C26H32N4O7. The highest BCUT2D eigenvalue weighted by Gasteiger charge is 2.31. The molecule has 3 N–H and O–H groups in total. The van der Waals surface area contributed by atoms with Crippen LogP contribution in [0.1, 0.15) is 54.7 Å². The van der Waals surface area contributed by atoms with Crippen LogP contribution in [0.3, 0.4) is 0 Å². The summed E-state index contributed by atoms with van der Waals surface area (Å²) in [5.41, 5.74) is 0.900. The van der Waals surface area contributed by atoms with Crippen LogP contribution in [0.4, 0.5) is 15.5 Å². The van der Waals surface area contributed by atoms with Gasteiger partial charge in [0.2, 0.25) is 11.8 Å². The van der Waals surface area contributed by atoms with Crippen LogP contribution in [0.25, 0.3) is 0 Å². The summed E-state index contributed by atoms with van der Waals surface area (Å²) in [6.07, 6.45) is 0.942. The molecule has 3 aromatic rings. The first-order chi connectivity index (χ1) is 17.7. The van der Waals surface area contributed by atoms with Crippen LogP contribution in [0.5, 0.6) is 0 Å². The van der Waals surface area contributed by atoms with E-state index >= 15 is 0 Å². The van der Waals surface area contributed by atoms with Crippen molar-refractivity contribution in [1.29, 1.82) is 0 Å². The average molecular weight is 513 g/mol. The number of nitrogens with one attached hydrogen (secondary N) is 1. The van der Waals surface area contributed by atoms with E-state index in [0.717, 1.165) is 11.8 Å². The Bertz CT molecular complexity index is 1160. The van der Waals surface area contributed by atoms with E-state index in [-0.39, 0.29) is 30.5 Å². The molecule has 4 amide bonds. The van der Waals surface area contributed by atoms with E-state index in [0.29, 0.717) is 23.6 Å². The number of hydrogen-bond donors (Lipinski definition) is 3. The van der Waals surface area contributed by atoms with Gasteiger partial charge in [-0.25, -0.2) is 19.5 Å². The van der Waals surface area contributed by atoms with Gasteiger partial charge in [0.15, 0.2) is 11.8 Å². The number of benzene rings is 1. The first-order valence-electron chi connectivity index (χ1n) is 12.0. The predicted molar refractivity (Wildman–Crippen MR) is 134 cm³/mol. The molecule has 0 bridgehead atoms. The van der Waals surface area contributed by atoms with Gasteiger partial charge in [-0.1, -0.05) is 44.2 Å². The number of rotatable bonds is 11. The molecule has 37 heavy (non-hydrogen) atoms. The van der Waals surface area contributed by atoms with Gasteiger partial charge >= 0.3 is 12.1 Å². The zero-order valence-electron chi connectivity index (χ0n) is 21.0. The van der Waals surface area contributed by atoms with E-state index < -0.39 is 30.2 Å². The summed E-state index contributed by atoms with van der Waals surface area (Å²) in [5.74, 6) is -0.207. The minimum absolute atomic E-state index is 0.0110. The number of amides is 4. The molecule has 198 valence electrons. The Morgan fingerprint density at radius 2 is 1.78 bits per heavy atom. The Morgan fingerprint density at radius 1 is 1.05 bits per heavy atom. The van der Waals surface area contributed by atoms with E-state index in [4.69, 9.17) is 8.83 Å². The molecule has 11 heteroatoms. The highest BCUT2D eigenvalue weighted by molar-refractivity contribution is 6.03. The number of furan rings is 1. The lowest BCUT2D eigenvalue weighted by Crippen LogP contribution is -2.49. The molecule has 0 aliphatic heterocycles. The van der Waals surface area contributed by atoms with Crippen LogP contribution in [-0.4, -0.2) is 57.8 Å². The Balaban J connectivity index is 1.78. The molecule has 2 atom stereocenters. The highest BCUT2D eigenvalue weighted by Crippen LogP contribution is 2.22. The molecule has 1 unspecified atom stereocenters. The molecule has 0 aliphatic carbocycles. The van der Waals surface area contributed by atoms with E-state index in [1.165, 1.54) is 18.2 Å². The van der Waals surface area contributed by atoms with Gasteiger partial charge in [-0.3, -0.25) is 9.69 Å². The number of carbonyl (C=O) groups is 3. The van der Waals surface area contributed by atoms with Gasteiger partial charge in [0.25, 0.3) is 5.91 Å². The second-order valence-electron chi connectivity index (χ2n) is 9.03. The summed E-state index contributed by atoms with van der Waals surface area (Å²) >= 11 is 0. The smallest absolute Gasteiger partial charge is 0.415 e. The first-order valence-corrected chi connectivity index (χ1v) is 12.0. The topological polar surface area (TPSA) is 149 Å². The second kappa shape index (κ2) is 12.7. The maximum absolute atomic E-state index is 12.9. The van der Waals surface area contributed by atoms with Crippen molar-refractivity contribution in [2.24, 2.45) is 5.92 Å². The summed E-state index contributed by atoms with van der Waals surface area (Å²) in [5, 5.41) is 23.3. The Morgan fingerprint density at radius 3 is 2.41 bits per heavy atom. The maximum Gasteiger partial charge on any atom is 0.415 e. The molecule has 2 aromatic heterocycles. The molecule has 0 fully saturated rings. The minimum Gasteiger partial charge on any atom is -0.465 e. The standard InChI is InChI=1S/C26H32N4O7/c1-17(2)13-14-30(26(34)35)25(33)28-19(12-11-18-8-5-4-6-9-18)22(31)23-27-20(16-37-23)24(32)29(3)21-10-7-15-36-21/h4-10,15-17,19,22,31H,11-14H2,1-3H3,(H,28,33)(H,34,35)/t19-,22?/m0/s1. The lowest BCUT2D eigenvalue weighted by molar-refractivity contribution is 0.0922. The minimum atomic E-state index is -1.44. The zero-order chi connectivity index (χ0) is 26.9. The van der Waals surface area contributed by atoms with Gasteiger partial charge in [0, 0.05) is 19.7 Å². The molecule has 0 saturated heterocycles. The third kappa shape index (κ3) is 7.43. The maximum atomic E-state index is 12.9. The van der Waals surface area contributed by atoms with Crippen LogP contribution < -0.4 is 10.2 Å². The Kier molecular flexibility index (Phi) is 9.45. The van der Waals surface area contributed by atoms with Gasteiger partial charge in [0.1, 0.15) is 6.26 Å². The number of aryl methyl sites for hydroxylation is 1. The summed E-state index contributed by atoms with van der Waals surface area (Å²) < 4.78 is 10.6. The van der Waals surface area contributed by atoms with Crippen molar-refractivity contribution in [3.8, 4) is 0 Å². The number of oxazole rings is 1. The molecule has 0 aliphatic rings. The summed E-state index contributed by atoms with van der Waals surface area (Å²) in [6.45, 7) is 3.86. The van der Waals surface area contributed by atoms with Crippen molar-refractivity contribution in [3.63, 3.8) is 0 Å². The number of urea groups is 1. The van der Waals surface area contributed by atoms with Crippen molar-refractivity contribution in [2.45, 2.75) is 45.3 Å². The number of hydrogen-bond acceptors (Lipinski definition) is 7. The van der Waals surface area contributed by atoms with E-state index in [2.05, 4.69) is 10.3 Å². The molecule has 0 radical (unpaired) electrons. The number of imide groups is 1. The average Bonchev–Trinajstić information content (AvgIpc) is 3.58. The lowest BCUT2D eigenvalue weighted by Gasteiger charge is -2.26. The summed E-state index contributed by atoms with van der Waals surface area (Å²) in [6, 6.07) is 10.9. The van der Waals surface area contributed by atoms with Gasteiger partial charge < -0.3 is 24.4 Å². The molecule has 11 nitrogen and oxygen atoms in total. The predicted octanol–water partition coefficient (Wildman–Crippen LogP) is 4.31. The number of carboxylic acid groups (broad SMARTS) is 1. The number of nitrogens with zero attached hydrogens (tertiary/aromatic N) is 3. The van der Waals surface area contributed by atoms with Crippen LogP contribution >= 0.6 is 0 Å². The second-order valence-corrected chi connectivity index (χ2v) is 9.03. The zero-order valence-corrected chi connectivity index (χ0v) is 21.0. The molecule has 2 heterocycles. The SMILES string of the molecule is CC(C)CCN(C(=O)O)C(=O)N[C@@H](CCc1ccccc1)C(O)c1nc(C(=O)N(C)c2ccco2)co1. The number of aliphatic hydroxyl groups excluding tert-OH is 1. The van der Waals surface area contributed by atoms with Gasteiger partial charge in [-0.05, 0) is 36.8 Å².